The highest BCUT2D eigenvalue weighted by Gasteiger charge is 2.11. The zero-order chi connectivity index (χ0) is 12.8. The zero-order valence-electron chi connectivity index (χ0n) is 9.66. The first-order valence-corrected chi connectivity index (χ1v) is 5.40. The van der Waals surface area contributed by atoms with Gasteiger partial charge in [0, 0.05) is 6.42 Å². The van der Waals surface area contributed by atoms with Crippen molar-refractivity contribution in [3.8, 4) is 0 Å². The summed E-state index contributed by atoms with van der Waals surface area (Å²) in [5.74, 6) is -0.757. The molecular formula is C12H13ClO4. The minimum absolute atomic E-state index is 0.279. The summed E-state index contributed by atoms with van der Waals surface area (Å²) in [4.78, 5) is 22.2. The Kier molecular flexibility index (Phi) is 4.97. The van der Waals surface area contributed by atoms with Gasteiger partial charge in [-0.1, -0.05) is 17.7 Å². The second kappa shape index (κ2) is 6.25. The summed E-state index contributed by atoms with van der Waals surface area (Å²) in [6, 6.07) is 4.97. The molecule has 0 heterocycles. The number of methoxy groups -OCH3 is 2. The van der Waals surface area contributed by atoms with Gasteiger partial charge in [0.05, 0.1) is 24.8 Å². The predicted octanol–water partition coefficient (Wildman–Crippen LogP) is 2.23. The molecule has 1 aromatic carbocycles. The lowest BCUT2D eigenvalue weighted by molar-refractivity contribution is -0.140. The molecule has 0 atom stereocenters. The van der Waals surface area contributed by atoms with E-state index < -0.39 is 5.97 Å². The number of carbonyl (C=O) groups excluding carboxylic acids is 2. The average Bonchev–Trinajstić information content (AvgIpc) is 2.35. The highest BCUT2D eigenvalue weighted by Crippen LogP contribution is 2.19. The average molecular weight is 257 g/mol. The van der Waals surface area contributed by atoms with E-state index in [9.17, 15) is 9.59 Å². The lowest BCUT2D eigenvalue weighted by atomic mass is 10.1. The Morgan fingerprint density at radius 3 is 2.47 bits per heavy atom. The fraction of sp³-hybridized carbons (Fsp3) is 0.333. The number of carbonyl (C=O) groups is 2. The van der Waals surface area contributed by atoms with Gasteiger partial charge < -0.3 is 9.47 Å². The third kappa shape index (κ3) is 3.75. The minimum Gasteiger partial charge on any atom is -0.469 e. The quantitative estimate of drug-likeness (QED) is 0.776. The molecule has 17 heavy (non-hydrogen) atoms. The highest BCUT2D eigenvalue weighted by atomic mass is 35.5. The Morgan fingerprint density at radius 2 is 1.94 bits per heavy atom. The lowest BCUT2D eigenvalue weighted by Gasteiger charge is -2.05. The topological polar surface area (TPSA) is 52.6 Å². The van der Waals surface area contributed by atoms with Gasteiger partial charge in [0.25, 0.3) is 0 Å². The van der Waals surface area contributed by atoms with Gasteiger partial charge in [0.15, 0.2) is 0 Å². The molecule has 1 aromatic rings. The van der Waals surface area contributed by atoms with Gasteiger partial charge in [-0.25, -0.2) is 4.79 Å². The lowest BCUT2D eigenvalue weighted by Crippen LogP contribution is -2.04. The fourth-order valence-corrected chi connectivity index (χ4v) is 1.62. The van der Waals surface area contributed by atoms with Gasteiger partial charge in [-0.2, -0.15) is 0 Å². The van der Waals surface area contributed by atoms with Crippen LogP contribution in [0.5, 0.6) is 0 Å². The van der Waals surface area contributed by atoms with Crippen LogP contribution in [-0.2, 0) is 20.7 Å². The molecule has 0 aliphatic rings. The molecule has 0 saturated carbocycles. The van der Waals surface area contributed by atoms with Gasteiger partial charge in [0.1, 0.15) is 0 Å². The molecule has 0 saturated heterocycles. The van der Waals surface area contributed by atoms with Crippen molar-refractivity contribution in [3.05, 3.63) is 34.3 Å². The van der Waals surface area contributed by atoms with Crippen molar-refractivity contribution in [2.24, 2.45) is 0 Å². The van der Waals surface area contributed by atoms with E-state index in [2.05, 4.69) is 9.47 Å². The van der Waals surface area contributed by atoms with Crippen LogP contribution in [0.2, 0.25) is 5.02 Å². The van der Waals surface area contributed by atoms with E-state index >= 15 is 0 Å². The van der Waals surface area contributed by atoms with Gasteiger partial charge in [-0.3, -0.25) is 4.79 Å². The van der Waals surface area contributed by atoms with Crippen molar-refractivity contribution in [3.63, 3.8) is 0 Å². The van der Waals surface area contributed by atoms with Gasteiger partial charge >= 0.3 is 11.9 Å². The monoisotopic (exact) mass is 256 g/mol. The van der Waals surface area contributed by atoms with E-state index in [-0.39, 0.29) is 12.4 Å². The number of esters is 2. The van der Waals surface area contributed by atoms with Crippen LogP contribution in [0.1, 0.15) is 22.3 Å². The Labute approximate surface area is 104 Å². The van der Waals surface area contributed by atoms with Crippen molar-refractivity contribution < 1.29 is 19.1 Å². The van der Waals surface area contributed by atoms with Crippen molar-refractivity contribution in [2.45, 2.75) is 12.8 Å². The molecule has 0 unspecified atom stereocenters. The number of rotatable bonds is 4. The molecule has 0 fully saturated rings. The Morgan fingerprint density at radius 1 is 1.24 bits per heavy atom. The molecule has 0 amide bonds. The van der Waals surface area contributed by atoms with Crippen LogP contribution >= 0.6 is 11.6 Å². The largest absolute Gasteiger partial charge is 0.469 e. The molecule has 0 aromatic heterocycles. The van der Waals surface area contributed by atoms with Crippen molar-refractivity contribution in [2.75, 3.05) is 14.2 Å². The third-order valence-electron chi connectivity index (χ3n) is 2.28. The van der Waals surface area contributed by atoms with E-state index in [1.165, 1.54) is 14.2 Å². The summed E-state index contributed by atoms with van der Waals surface area (Å²) in [6.07, 6.45) is 0.804. The summed E-state index contributed by atoms with van der Waals surface area (Å²) < 4.78 is 9.11. The number of ether oxygens (including phenoxy) is 2. The Hall–Kier alpha value is -1.55. The normalized spacial score (nSPS) is 9.82. The minimum atomic E-state index is -0.477. The standard InChI is InChI=1S/C12H13ClO4/c1-16-11(14)6-4-8-3-5-9(10(13)7-8)12(15)17-2/h3,5,7H,4,6H2,1-2H3. The van der Waals surface area contributed by atoms with Crippen LogP contribution in [0.4, 0.5) is 0 Å². The number of hydrogen-bond donors (Lipinski definition) is 0. The van der Waals surface area contributed by atoms with Crippen molar-refractivity contribution >= 4 is 23.5 Å². The zero-order valence-corrected chi connectivity index (χ0v) is 10.4. The SMILES string of the molecule is COC(=O)CCc1ccc(C(=O)OC)c(Cl)c1. The van der Waals surface area contributed by atoms with E-state index in [0.717, 1.165) is 5.56 Å². The van der Waals surface area contributed by atoms with Crippen LogP contribution in [-0.4, -0.2) is 26.2 Å². The maximum atomic E-state index is 11.3. The van der Waals surface area contributed by atoms with Crippen molar-refractivity contribution in [1.82, 2.24) is 0 Å². The Bertz CT molecular complexity index is 429. The van der Waals surface area contributed by atoms with Gasteiger partial charge in [-0.05, 0) is 24.1 Å². The summed E-state index contributed by atoms with van der Waals surface area (Å²) in [7, 11) is 2.64. The number of halogens is 1. The van der Waals surface area contributed by atoms with Gasteiger partial charge in [0.2, 0.25) is 0 Å². The predicted molar refractivity (Wildman–Crippen MR) is 63.1 cm³/mol. The van der Waals surface area contributed by atoms with E-state index in [0.29, 0.717) is 17.0 Å². The molecule has 1 rings (SSSR count). The molecule has 0 radical (unpaired) electrons. The second-order valence-corrected chi connectivity index (χ2v) is 3.79. The molecule has 4 nitrogen and oxygen atoms in total. The van der Waals surface area contributed by atoms with Crippen molar-refractivity contribution in [1.29, 1.82) is 0 Å². The summed E-state index contributed by atoms with van der Waals surface area (Å²) >= 11 is 5.94. The summed E-state index contributed by atoms with van der Waals surface area (Å²) in [5, 5.41) is 0.319. The molecule has 92 valence electrons. The molecule has 0 bridgehead atoms. The van der Waals surface area contributed by atoms with E-state index in [1.54, 1.807) is 18.2 Å². The number of benzene rings is 1. The smallest absolute Gasteiger partial charge is 0.339 e. The molecule has 0 aliphatic heterocycles. The van der Waals surface area contributed by atoms with Crippen LogP contribution in [0.15, 0.2) is 18.2 Å². The van der Waals surface area contributed by atoms with E-state index in [1.807, 2.05) is 0 Å². The Balaban J connectivity index is 2.75. The molecule has 0 spiro atoms. The number of aryl methyl sites for hydroxylation is 1. The fourth-order valence-electron chi connectivity index (χ4n) is 1.34. The number of hydrogen-bond acceptors (Lipinski definition) is 4. The summed E-state index contributed by atoms with van der Waals surface area (Å²) in [6.45, 7) is 0. The van der Waals surface area contributed by atoms with Crippen LogP contribution in [0.3, 0.4) is 0 Å². The third-order valence-corrected chi connectivity index (χ3v) is 2.60. The van der Waals surface area contributed by atoms with Gasteiger partial charge in [-0.15, -0.1) is 0 Å². The second-order valence-electron chi connectivity index (χ2n) is 3.38. The molecule has 0 N–H and O–H groups in total. The first kappa shape index (κ1) is 13.5. The first-order chi connectivity index (χ1) is 8.08. The molecule has 0 aliphatic carbocycles. The van der Waals surface area contributed by atoms with Crippen LogP contribution in [0.25, 0.3) is 0 Å². The van der Waals surface area contributed by atoms with Crippen LogP contribution in [0, 0.1) is 0 Å². The first-order valence-electron chi connectivity index (χ1n) is 5.02. The highest BCUT2D eigenvalue weighted by molar-refractivity contribution is 6.33. The molecule has 5 heteroatoms. The van der Waals surface area contributed by atoms with E-state index in [4.69, 9.17) is 11.6 Å². The maximum Gasteiger partial charge on any atom is 0.339 e. The summed E-state index contributed by atoms with van der Waals surface area (Å²) in [5.41, 5.74) is 1.18. The molecular weight excluding hydrogens is 244 g/mol. The van der Waals surface area contributed by atoms with Crippen LogP contribution < -0.4 is 0 Å². The maximum absolute atomic E-state index is 11.3.